The van der Waals surface area contributed by atoms with Crippen molar-refractivity contribution in [2.45, 2.75) is 102 Å². The van der Waals surface area contributed by atoms with Crippen molar-refractivity contribution in [1.82, 2.24) is 30.7 Å². The summed E-state index contributed by atoms with van der Waals surface area (Å²) in [6.45, 7) is 6.10. The number of rotatable bonds is 14. The minimum Gasteiger partial charge on any atom is -0.484 e. The number of hydrogen-bond donors (Lipinski definition) is 5. The largest absolute Gasteiger partial charge is 0.484 e. The third kappa shape index (κ3) is 12.0. The average Bonchev–Trinajstić information content (AvgIpc) is 4.24. The van der Waals surface area contributed by atoms with Gasteiger partial charge in [0.25, 0.3) is 23.6 Å². The van der Waals surface area contributed by atoms with Crippen LogP contribution in [0.15, 0.2) is 91.0 Å². The number of halogens is 2. The van der Waals surface area contributed by atoms with Gasteiger partial charge in [-0.15, -0.1) is 11.3 Å². The Balaban J connectivity index is 0.854. The molecule has 4 aliphatic heterocycles. The Morgan fingerprint density at radius 1 is 0.911 bits per heavy atom. The lowest BCUT2D eigenvalue weighted by Gasteiger charge is -2.43. The third-order valence-electron chi connectivity index (χ3n) is 14.6. The molecular weight excluding hydrogens is 1060 g/mol. The maximum Gasteiger partial charge on any atom is 0.399 e. The summed E-state index contributed by atoms with van der Waals surface area (Å²) in [6, 6.07) is 20.8. The highest BCUT2D eigenvalue weighted by Crippen LogP contribution is 2.59. The molecule has 4 aromatic carbocycles. The van der Waals surface area contributed by atoms with Crippen LogP contribution in [0.2, 0.25) is 0 Å². The summed E-state index contributed by atoms with van der Waals surface area (Å²) in [5.74, 6) is 2.09. The quantitative estimate of drug-likeness (QED) is 0.0353. The first-order chi connectivity index (χ1) is 37.5. The molecule has 2 unspecified atom stereocenters. The minimum absolute atomic E-state index is 0.0108. The van der Waals surface area contributed by atoms with E-state index in [1.54, 1.807) is 49.9 Å². The predicted octanol–water partition coefficient (Wildman–Crippen LogP) is 6.36. The number of benzene rings is 4. The summed E-state index contributed by atoms with van der Waals surface area (Å²) in [4.78, 5) is 130. The molecule has 4 atom stereocenters. The lowest BCUT2D eigenvalue weighted by atomic mass is 9.83. The van der Waals surface area contributed by atoms with Gasteiger partial charge in [-0.3, -0.25) is 53.1 Å². The number of carbonyl (C=O) groups excluding carboxylic acids is 8. The van der Waals surface area contributed by atoms with Crippen molar-refractivity contribution < 1.29 is 66.2 Å². The maximum atomic E-state index is 15.2. The van der Waals surface area contributed by atoms with E-state index in [1.165, 1.54) is 29.2 Å². The highest BCUT2D eigenvalue weighted by atomic mass is 32.1. The Labute approximate surface area is 457 Å². The van der Waals surface area contributed by atoms with E-state index in [9.17, 15) is 56.7 Å². The number of piperidine rings is 2. The van der Waals surface area contributed by atoms with Crippen molar-refractivity contribution in [3.05, 3.63) is 135 Å². The van der Waals surface area contributed by atoms with Crippen LogP contribution in [0.1, 0.15) is 123 Å². The van der Waals surface area contributed by atoms with Gasteiger partial charge in [0.2, 0.25) is 23.6 Å². The number of nitrogens with one attached hydrogen (secondary N) is 3. The van der Waals surface area contributed by atoms with Gasteiger partial charge in [-0.2, -0.15) is 8.78 Å². The zero-order valence-corrected chi connectivity index (χ0v) is 45.1. The molecule has 18 nitrogen and oxygen atoms in total. The minimum atomic E-state index is -5.86. The first-order valence-electron chi connectivity index (χ1n) is 25.8. The number of fused-ring (bicyclic) bond motifs is 3. The number of thiophene rings is 1. The van der Waals surface area contributed by atoms with E-state index >= 15 is 4.79 Å². The number of amides is 8. The van der Waals surface area contributed by atoms with E-state index in [2.05, 4.69) is 27.8 Å². The summed E-state index contributed by atoms with van der Waals surface area (Å²) in [7, 11) is -5.86. The molecule has 9 rings (SSSR count). The molecule has 5 aromatic rings. The molecule has 0 radical (unpaired) electrons. The number of unbranched alkanes of at least 4 members (excludes halogenated alkanes) is 1. The summed E-state index contributed by atoms with van der Waals surface area (Å²) in [5.41, 5.74) is -3.01. The Morgan fingerprint density at radius 3 is 2.41 bits per heavy atom. The second-order valence-electron chi connectivity index (χ2n) is 21.1. The molecule has 79 heavy (non-hydrogen) atoms. The molecule has 2 saturated heterocycles. The van der Waals surface area contributed by atoms with Crippen LogP contribution < -0.4 is 20.7 Å². The number of nitrogens with zero attached hydrogens (tertiary/aromatic N) is 3. The van der Waals surface area contributed by atoms with E-state index < -0.39 is 83.7 Å². The van der Waals surface area contributed by atoms with Gasteiger partial charge in [0, 0.05) is 67.2 Å². The smallest absolute Gasteiger partial charge is 0.399 e. The topological polar surface area (TPSA) is 249 Å². The van der Waals surface area contributed by atoms with E-state index in [0.29, 0.717) is 47.5 Å². The number of ether oxygens (including phenoxy) is 1. The van der Waals surface area contributed by atoms with Crippen molar-refractivity contribution in [1.29, 1.82) is 0 Å². The SMILES string of the molecule is CC(C)(C)[C@H](NC(=O)c1cc2cc(C(F)(F)P(=O)(O)O)ccc2s1)C(=O)N1Cc2cc(OCC(=O)NCCCC#Cc3ccc4c(c3)C(=O)N(C3CCC(=O)NC3=O)C4=O)ccc2C[C@H]1C(=O)N1CCCC(c2ccccc2)C1. The number of likely N-dealkylation sites (tertiary alicyclic amines) is 1. The normalized spacial score (nSPS) is 19.0. The summed E-state index contributed by atoms with van der Waals surface area (Å²) >= 11 is 0.950. The number of hydrogen-bond acceptors (Lipinski definition) is 11. The van der Waals surface area contributed by atoms with Crippen LogP contribution in [0.4, 0.5) is 8.78 Å². The van der Waals surface area contributed by atoms with Crippen LogP contribution in [0.3, 0.4) is 0 Å². The highest BCUT2D eigenvalue weighted by molar-refractivity contribution is 7.52. The van der Waals surface area contributed by atoms with Crippen LogP contribution in [0.5, 0.6) is 5.75 Å². The monoisotopic (exact) mass is 1120 g/mol. The number of carbonyl (C=O) groups is 8. The van der Waals surface area contributed by atoms with Gasteiger partial charge in [-0.1, -0.05) is 75.1 Å². The maximum absolute atomic E-state index is 15.2. The molecule has 8 amide bonds. The van der Waals surface area contributed by atoms with Crippen molar-refractivity contribution in [3.8, 4) is 17.6 Å². The van der Waals surface area contributed by atoms with Gasteiger partial charge in [-0.25, -0.2) is 0 Å². The summed E-state index contributed by atoms with van der Waals surface area (Å²) < 4.78 is 47.2. The Bertz CT molecular complexity index is 3420. The van der Waals surface area contributed by atoms with Gasteiger partial charge < -0.3 is 35.0 Å². The van der Waals surface area contributed by atoms with Crippen molar-refractivity contribution in [2.75, 3.05) is 26.2 Å². The molecule has 0 bridgehead atoms. The van der Waals surface area contributed by atoms with Gasteiger partial charge >= 0.3 is 13.3 Å². The molecule has 4 aliphatic rings. The zero-order chi connectivity index (χ0) is 56.6. The highest BCUT2D eigenvalue weighted by Gasteiger charge is 2.51. The van der Waals surface area contributed by atoms with E-state index in [-0.39, 0.29) is 72.2 Å². The van der Waals surface area contributed by atoms with E-state index in [0.717, 1.165) is 52.3 Å². The fraction of sp³-hybridized carbons (Fsp3) is 0.368. The molecule has 412 valence electrons. The molecule has 1 aromatic heterocycles. The lowest BCUT2D eigenvalue weighted by Crippen LogP contribution is -2.61. The molecule has 0 aliphatic carbocycles. The van der Waals surface area contributed by atoms with E-state index in [1.807, 2.05) is 30.3 Å². The average molecular weight is 1120 g/mol. The molecule has 5 N–H and O–H groups in total. The molecule has 0 saturated carbocycles. The van der Waals surface area contributed by atoms with Crippen LogP contribution in [0, 0.1) is 17.3 Å². The van der Waals surface area contributed by atoms with Crippen LogP contribution in [0.25, 0.3) is 10.1 Å². The Hall–Kier alpha value is -7.63. The van der Waals surface area contributed by atoms with Gasteiger partial charge in [0.1, 0.15) is 23.9 Å². The molecule has 5 heterocycles. The van der Waals surface area contributed by atoms with Crippen molar-refractivity contribution >= 4 is 76.3 Å². The molecular formula is C57H57F2N6O12PS. The standard InChI is InChI=1S/C57H57F2N6O12PS/c1-56(2,3)49(62-51(69)46-29-37-26-39(17-21-45(37)79-46)57(58,59)78(74,75)76)55(73)64-31-38-27-40(18-16-35(38)28-44(64)54(72)63-24-10-14-36(30-63)34-12-7-4-8-13-34)77-32-48(67)60-23-9-5-6-11-33-15-19-41-42(25-33)53(71)65(52(41)70)43-20-22-47(66)61-50(43)68/h4,7-8,12-13,15-19,21,25-27,29,36,43-44,49H,5,9-10,14,20,22-24,28,30-32H2,1-3H3,(H,60,67)(H,62,69)(H,61,66,68)(H2,74,75,76)/t36?,43?,44-,49+/m0/s1. The van der Waals surface area contributed by atoms with Gasteiger partial charge in [0.15, 0.2) is 6.61 Å². The Morgan fingerprint density at radius 2 is 1.67 bits per heavy atom. The first kappa shape index (κ1) is 56.1. The molecule has 22 heteroatoms. The lowest BCUT2D eigenvalue weighted by molar-refractivity contribution is -0.150. The number of imide groups is 2. The fourth-order valence-electron chi connectivity index (χ4n) is 10.3. The van der Waals surface area contributed by atoms with E-state index in [4.69, 9.17) is 4.74 Å². The fourth-order valence-corrected chi connectivity index (χ4v) is 11.8. The van der Waals surface area contributed by atoms with Gasteiger partial charge in [-0.05, 0) is 102 Å². The second kappa shape index (κ2) is 22.6. The molecule has 0 spiro atoms. The summed E-state index contributed by atoms with van der Waals surface area (Å²) in [5, 5.41) is 7.98. The van der Waals surface area contributed by atoms with Crippen LogP contribution in [-0.2, 0) is 47.2 Å². The second-order valence-corrected chi connectivity index (χ2v) is 23.9. The van der Waals surface area contributed by atoms with Crippen molar-refractivity contribution in [2.24, 2.45) is 5.41 Å². The van der Waals surface area contributed by atoms with Crippen LogP contribution in [-0.4, -0.2) is 116 Å². The zero-order valence-electron chi connectivity index (χ0n) is 43.4. The predicted molar refractivity (Wildman–Crippen MR) is 286 cm³/mol. The Kier molecular flexibility index (Phi) is 16.1. The van der Waals surface area contributed by atoms with Crippen LogP contribution >= 0.6 is 18.9 Å². The van der Waals surface area contributed by atoms with Crippen molar-refractivity contribution in [3.63, 3.8) is 0 Å². The number of alkyl halides is 2. The van der Waals surface area contributed by atoms with Gasteiger partial charge in [0.05, 0.1) is 16.0 Å². The molecule has 2 fully saturated rings. The summed E-state index contributed by atoms with van der Waals surface area (Å²) in [6.07, 6.45) is 2.68. The first-order valence-corrected chi connectivity index (χ1v) is 28.2. The third-order valence-corrected chi connectivity index (χ3v) is 16.7.